The van der Waals surface area contributed by atoms with Crippen LogP contribution in [-0.4, -0.2) is 35.5 Å². The second kappa shape index (κ2) is 8.65. The van der Waals surface area contributed by atoms with Crippen molar-refractivity contribution in [2.24, 2.45) is 0 Å². The minimum atomic E-state index is -0.291. The lowest BCUT2D eigenvalue weighted by molar-refractivity contribution is 0.0338. The molecular formula is C26H32N2O2. The predicted octanol–water partition coefficient (Wildman–Crippen LogP) is 5.65. The molecule has 1 saturated heterocycles. The lowest BCUT2D eigenvalue weighted by Gasteiger charge is -2.17. The third kappa shape index (κ3) is 4.29. The number of nitrogens with one attached hydrogen (secondary N) is 1. The number of aromatic nitrogens is 1. The van der Waals surface area contributed by atoms with E-state index in [-0.39, 0.29) is 12.1 Å². The monoisotopic (exact) mass is 404 g/mol. The first-order valence-electron chi connectivity index (χ1n) is 11.0. The second-order valence-corrected chi connectivity index (χ2v) is 8.71. The summed E-state index contributed by atoms with van der Waals surface area (Å²) in [6, 6.07) is 12.7. The van der Waals surface area contributed by atoms with Crippen LogP contribution < -0.4 is 0 Å². The minimum absolute atomic E-state index is 0.261. The number of nitrogens with zero attached hydrogens (tertiary/aromatic N) is 1. The summed E-state index contributed by atoms with van der Waals surface area (Å²) < 4.78 is 5.90. The highest BCUT2D eigenvalue weighted by molar-refractivity contribution is 6.05. The van der Waals surface area contributed by atoms with E-state index in [1.54, 1.807) is 0 Å². The van der Waals surface area contributed by atoms with Crippen molar-refractivity contribution in [2.75, 3.05) is 19.6 Å². The number of H-pyrrole nitrogens is 1. The SMILES string of the molecule is Cc1ccc(C(C)OC(=O)c2c(C)[nH]c3ccc(CCN4CCCC4)cc23)c(C)c1. The molecule has 158 valence electrons. The fourth-order valence-electron chi connectivity index (χ4n) is 4.65. The lowest BCUT2D eigenvalue weighted by atomic mass is 10.0. The minimum Gasteiger partial charge on any atom is -0.454 e. The Morgan fingerprint density at radius 1 is 1.10 bits per heavy atom. The summed E-state index contributed by atoms with van der Waals surface area (Å²) >= 11 is 0. The molecule has 1 aromatic heterocycles. The van der Waals surface area contributed by atoms with Gasteiger partial charge in [-0.3, -0.25) is 0 Å². The number of hydrogen-bond donors (Lipinski definition) is 1. The molecule has 4 nitrogen and oxygen atoms in total. The largest absolute Gasteiger partial charge is 0.454 e. The zero-order valence-electron chi connectivity index (χ0n) is 18.5. The van der Waals surface area contributed by atoms with Crippen LogP contribution in [0.3, 0.4) is 0 Å². The van der Waals surface area contributed by atoms with E-state index >= 15 is 0 Å². The number of ether oxygens (including phenoxy) is 1. The predicted molar refractivity (Wildman–Crippen MR) is 122 cm³/mol. The molecule has 30 heavy (non-hydrogen) atoms. The van der Waals surface area contributed by atoms with E-state index in [0.29, 0.717) is 5.56 Å². The van der Waals surface area contributed by atoms with Gasteiger partial charge in [0.15, 0.2) is 0 Å². The number of rotatable bonds is 6. The zero-order valence-corrected chi connectivity index (χ0v) is 18.5. The highest BCUT2D eigenvalue weighted by Crippen LogP contribution is 2.28. The Morgan fingerprint density at radius 3 is 2.60 bits per heavy atom. The van der Waals surface area contributed by atoms with Crippen LogP contribution in [-0.2, 0) is 11.2 Å². The molecule has 0 radical (unpaired) electrons. The molecule has 0 amide bonds. The highest BCUT2D eigenvalue weighted by atomic mass is 16.5. The van der Waals surface area contributed by atoms with Gasteiger partial charge in [-0.25, -0.2) is 4.79 Å². The number of hydrogen-bond acceptors (Lipinski definition) is 3. The van der Waals surface area contributed by atoms with Crippen LogP contribution in [0.1, 0.15) is 64.2 Å². The molecular weight excluding hydrogens is 372 g/mol. The Bertz CT molecular complexity index is 1060. The molecule has 4 rings (SSSR count). The van der Waals surface area contributed by atoms with Crippen LogP contribution in [0.25, 0.3) is 10.9 Å². The molecule has 3 aromatic rings. The summed E-state index contributed by atoms with van der Waals surface area (Å²) in [6.45, 7) is 11.5. The maximum atomic E-state index is 13.1. The average Bonchev–Trinajstić information content (AvgIpc) is 3.32. The summed E-state index contributed by atoms with van der Waals surface area (Å²) in [5, 5.41) is 0.962. The van der Waals surface area contributed by atoms with Gasteiger partial charge in [0.25, 0.3) is 0 Å². The van der Waals surface area contributed by atoms with Crippen molar-refractivity contribution < 1.29 is 9.53 Å². The maximum absolute atomic E-state index is 13.1. The van der Waals surface area contributed by atoms with E-state index in [1.807, 2.05) is 13.8 Å². The summed E-state index contributed by atoms with van der Waals surface area (Å²) in [7, 11) is 0. The van der Waals surface area contributed by atoms with Crippen LogP contribution in [0.2, 0.25) is 0 Å². The smallest absolute Gasteiger partial charge is 0.341 e. The average molecular weight is 405 g/mol. The maximum Gasteiger partial charge on any atom is 0.341 e. The van der Waals surface area contributed by atoms with Crippen molar-refractivity contribution in [3.8, 4) is 0 Å². The van der Waals surface area contributed by atoms with Crippen LogP contribution in [0.15, 0.2) is 36.4 Å². The number of aromatic amines is 1. The van der Waals surface area contributed by atoms with E-state index in [9.17, 15) is 4.79 Å². The molecule has 2 heterocycles. The Balaban J connectivity index is 1.55. The highest BCUT2D eigenvalue weighted by Gasteiger charge is 2.21. The Kier molecular flexibility index (Phi) is 5.96. The number of likely N-dealkylation sites (tertiary alicyclic amines) is 1. The van der Waals surface area contributed by atoms with Gasteiger partial charge in [0.05, 0.1) is 5.56 Å². The Morgan fingerprint density at radius 2 is 1.87 bits per heavy atom. The molecule has 0 saturated carbocycles. The van der Waals surface area contributed by atoms with Crippen LogP contribution in [0.5, 0.6) is 0 Å². The molecule has 1 aliphatic heterocycles. The van der Waals surface area contributed by atoms with E-state index in [2.05, 4.69) is 60.1 Å². The van der Waals surface area contributed by atoms with Gasteiger partial charge in [-0.05, 0) is 88.9 Å². The summed E-state index contributed by atoms with van der Waals surface area (Å²) in [4.78, 5) is 19.0. The standard InChI is InChI=1S/C26H32N2O2/c1-17-7-9-22(18(2)15-17)20(4)30-26(29)25-19(3)27-24-10-8-21(16-23(24)25)11-14-28-12-5-6-13-28/h7-10,15-16,20,27H,5-6,11-14H2,1-4H3. The molecule has 1 aliphatic rings. The van der Waals surface area contributed by atoms with Gasteiger partial charge in [0.2, 0.25) is 0 Å². The number of esters is 1. The van der Waals surface area contributed by atoms with Crippen LogP contribution in [0.4, 0.5) is 0 Å². The topological polar surface area (TPSA) is 45.3 Å². The van der Waals surface area contributed by atoms with E-state index < -0.39 is 0 Å². The molecule has 4 heteroatoms. The Hall–Kier alpha value is -2.59. The van der Waals surface area contributed by atoms with E-state index in [1.165, 1.54) is 37.1 Å². The summed E-state index contributed by atoms with van der Waals surface area (Å²) in [6.07, 6.45) is 3.34. The van der Waals surface area contributed by atoms with Gasteiger partial charge in [-0.15, -0.1) is 0 Å². The summed E-state index contributed by atoms with van der Waals surface area (Å²) in [5.74, 6) is -0.261. The first kappa shape index (κ1) is 20.7. The summed E-state index contributed by atoms with van der Waals surface area (Å²) in [5.41, 5.74) is 7.19. The van der Waals surface area contributed by atoms with Gasteiger partial charge in [0, 0.05) is 23.1 Å². The zero-order chi connectivity index (χ0) is 21.3. The molecule has 1 atom stereocenters. The molecule has 0 bridgehead atoms. The van der Waals surface area contributed by atoms with Gasteiger partial charge in [0.1, 0.15) is 6.10 Å². The molecule has 0 spiro atoms. The van der Waals surface area contributed by atoms with Crippen molar-refractivity contribution in [2.45, 2.75) is 53.1 Å². The fraction of sp³-hybridized carbons (Fsp3) is 0.423. The quantitative estimate of drug-likeness (QED) is 0.540. The van der Waals surface area contributed by atoms with Crippen molar-refractivity contribution in [3.63, 3.8) is 0 Å². The number of fused-ring (bicyclic) bond motifs is 1. The first-order chi connectivity index (χ1) is 14.4. The van der Waals surface area contributed by atoms with Gasteiger partial charge >= 0.3 is 5.97 Å². The van der Waals surface area contributed by atoms with Crippen LogP contribution >= 0.6 is 0 Å². The first-order valence-corrected chi connectivity index (χ1v) is 11.0. The number of carbonyl (C=O) groups is 1. The van der Waals surface area contributed by atoms with E-state index in [4.69, 9.17) is 4.74 Å². The molecule has 1 unspecified atom stereocenters. The molecule has 2 aromatic carbocycles. The van der Waals surface area contributed by atoms with Gasteiger partial charge in [-0.2, -0.15) is 0 Å². The van der Waals surface area contributed by atoms with Crippen molar-refractivity contribution in [1.29, 1.82) is 0 Å². The third-order valence-corrected chi connectivity index (χ3v) is 6.32. The number of carbonyl (C=O) groups excluding carboxylic acids is 1. The molecule has 1 N–H and O–H groups in total. The normalized spacial score (nSPS) is 15.6. The van der Waals surface area contributed by atoms with E-state index in [0.717, 1.165) is 40.7 Å². The molecule has 1 fully saturated rings. The Labute approximate surface area is 179 Å². The molecule has 0 aliphatic carbocycles. The van der Waals surface area contributed by atoms with Crippen molar-refractivity contribution >= 4 is 16.9 Å². The van der Waals surface area contributed by atoms with Gasteiger partial charge < -0.3 is 14.6 Å². The fourth-order valence-corrected chi connectivity index (χ4v) is 4.65. The van der Waals surface area contributed by atoms with Crippen LogP contribution in [0, 0.1) is 20.8 Å². The number of aryl methyl sites for hydroxylation is 3. The third-order valence-electron chi connectivity index (χ3n) is 6.32. The number of benzene rings is 2. The van der Waals surface area contributed by atoms with Crippen molar-refractivity contribution in [1.82, 2.24) is 9.88 Å². The lowest BCUT2D eigenvalue weighted by Crippen LogP contribution is -2.21. The second-order valence-electron chi connectivity index (χ2n) is 8.71. The van der Waals surface area contributed by atoms with Gasteiger partial charge in [-0.1, -0.05) is 29.8 Å². The van der Waals surface area contributed by atoms with Crippen molar-refractivity contribution in [3.05, 3.63) is 69.9 Å².